The summed E-state index contributed by atoms with van der Waals surface area (Å²) in [5, 5.41) is 5.88. The van der Waals surface area contributed by atoms with Gasteiger partial charge in [-0.1, -0.05) is 92.1 Å². The van der Waals surface area contributed by atoms with E-state index in [0.717, 1.165) is 54.5 Å². The van der Waals surface area contributed by atoms with Crippen molar-refractivity contribution >= 4 is 17.7 Å². The monoisotopic (exact) mass is 525 g/mol. The largest absolute Gasteiger partial charge is 0.489 e. The number of nitrogens with zero attached hydrogens (tertiary/aromatic N) is 1. The molecule has 1 aliphatic carbocycles. The fourth-order valence-electron chi connectivity index (χ4n) is 5.36. The lowest BCUT2D eigenvalue weighted by Gasteiger charge is -2.39. The van der Waals surface area contributed by atoms with Gasteiger partial charge < -0.3 is 20.3 Å². The maximum Gasteiger partial charge on any atom is 0.253 e. The quantitative estimate of drug-likeness (QED) is 0.411. The summed E-state index contributed by atoms with van der Waals surface area (Å²) in [4.78, 5) is 41.8. The van der Waals surface area contributed by atoms with E-state index < -0.39 is 23.9 Å². The summed E-state index contributed by atoms with van der Waals surface area (Å²) in [6, 6.07) is 25.1. The smallest absolute Gasteiger partial charge is 0.253 e. The van der Waals surface area contributed by atoms with Crippen LogP contribution in [0.2, 0.25) is 0 Å². The summed E-state index contributed by atoms with van der Waals surface area (Å²) < 4.78 is 5.87. The molecule has 202 valence electrons. The number of hydrogen-bond acceptors (Lipinski definition) is 4. The Labute approximate surface area is 229 Å². The topological polar surface area (TPSA) is 87.7 Å². The highest BCUT2D eigenvalue weighted by Gasteiger charge is 2.44. The molecule has 2 aliphatic rings. The van der Waals surface area contributed by atoms with E-state index in [1.54, 1.807) is 0 Å². The summed E-state index contributed by atoms with van der Waals surface area (Å²) in [7, 11) is 0. The van der Waals surface area contributed by atoms with Crippen molar-refractivity contribution in [1.29, 1.82) is 0 Å². The minimum absolute atomic E-state index is 0.0491. The van der Waals surface area contributed by atoms with Gasteiger partial charge in [0, 0.05) is 19.0 Å². The van der Waals surface area contributed by atoms with E-state index in [0.29, 0.717) is 13.0 Å². The Hall–Kier alpha value is -4.13. The molecule has 1 heterocycles. The molecule has 5 rings (SSSR count). The average molecular weight is 526 g/mol. The van der Waals surface area contributed by atoms with Gasteiger partial charge in [-0.2, -0.15) is 0 Å². The molecule has 0 radical (unpaired) electrons. The number of piperazine rings is 1. The predicted octanol–water partition coefficient (Wildman–Crippen LogP) is 4.15. The summed E-state index contributed by atoms with van der Waals surface area (Å²) in [6.07, 6.45) is 5.42. The molecule has 2 N–H and O–H groups in total. The van der Waals surface area contributed by atoms with Crippen LogP contribution in [-0.4, -0.2) is 40.7 Å². The Kier molecular flexibility index (Phi) is 8.56. The van der Waals surface area contributed by atoms with Crippen LogP contribution in [0.1, 0.15) is 48.8 Å². The van der Waals surface area contributed by atoms with Crippen LogP contribution in [0.5, 0.6) is 5.75 Å². The number of rotatable bonds is 9. The molecule has 3 amide bonds. The van der Waals surface area contributed by atoms with Crippen LogP contribution in [0, 0.1) is 0 Å². The van der Waals surface area contributed by atoms with Crippen LogP contribution >= 0.6 is 0 Å². The number of ether oxygens (including phenoxy) is 1. The summed E-state index contributed by atoms with van der Waals surface area (Å²) in [6.45, 7) is 0.661. The fraction of sp³-hybridized carbons (Fsp3) is 0.344. The Morgan fingerprint density at radius 3 is 2.13 bits per heavy atom. The predicted molar refractivity (Wildman–Crippen MR) is 149 cm³/mol. The molecule has 0 spiro atoms. The van der Waals surface area contributed by atoms with E-state index in [4.69, 9.17) is 4.74 Å². The molecule has 3 aromatic rings. The first kappa shape index (κ1) is 26.5. The fourth-order valence-corrected chi connectivity index (χ4v) is 5.36. The minimum atomic E-state index is -1.19. The van der Waals surface area contributed by atoms with Crippen molar-refractivity contribution in [3.8, 4) is 5.75 Å². The van der Waals surface area contributed by atoms with Crippen molar-refractivity contribution in [1.82, 2.24) is 15.5 Å². The second-order valence-corrected chi connectivity index (χ2v) is 10.4. The van der Waals surface area contributed by atoms with Gasteiger partial charge in [0.2, 0.25) is 5.91 Å². The Balaban J connectivity index is 1.27. The van der Waals surface area contributed by atoms with Crippen LogP contribution in [0.15, 0.2) is 84.9 Å². The van der Waals surface area contributed by atoms with E-state index in [9.17, 15) is 14.4 Å². The summed E-state index contributed by atoms with van der Waals surface area (Å²) in [5.74, 6) is -0.368. The van der Waals surface area contributed by atoms with Gasteiger partial charge in [0.25, 0.3) is 11.8 Å². The second kappa shape index (κ2) is 12.6. The van der Waals surface area contributed by atoms with Gasteiger partial charge in [-0.25, -0.2) is 0 Å². The molecule has 7 nitrogen and oxygen atoms in total. The molecular formula is C32H35N3O4. The molecule has 2 atom stereocenters. The second-order valence-electron chi connectivity index (χ2n) is 10.4. The zero-order valence-electron chi connectivity index (χ0n) is 22.1. The van der Waals surface area contributed by atoms with Gasteiger partial charge in [-0.3, -0.25) is 14.4 Å². The maximum atomic E-state index is 13.7. The average Bonchev–Trinajstić information content (AvgIpc) is 2.97. The van der Waals surface area contributed by atoms with E-state index >= 15 is 0 Å². The van der Waals surface area contributed by atoms with Crippen molar-refractivity contribution in [2.24, 2.45) is 0 Å². The zero-order chi connectivity index (χ0) is 27.0. The highest BCUT2D eigenvalue weighted by Crippen LogP contribution is 2.22. The number of carbonyl (C=O) groups is 3. The highest BCUT2D eigenvalue weighted by atomic mass is 16.5. The number of hydrogen-bond donors (Lipinski definition) is 2. The SMILES string of the molecule is O=C(NC1CCCCC1)C1C(=O)NC(Cc2ccc(OCc3ccccc3)cc2)C(=O)N1Cc1ccccc1. The van der Waals surface area contributed by atoms with Crippen molar-refractivity contribution in [2.45, 2.75) is 69.8 Å². The lowest BCUT2D eigenvalue weighted by atomic mass is 9.94. The molecule has 1 saturated heterocycles. The maximum absolute atomic E-state index is 13.7. The standard InChI is InChI=1S/C32H35N3O4/c36-30(33-26-14-8-3-9-15-26)29-31(37)34-28(32(38)35(29)21-24-10-4-1-5-11-24)20-23-16-18-27(19-17-23)39-22-25-12-6-2-7-13-25/h1-2,4-7,10-13,16-19,26,28-29H,3,8-9,14-15,20-22H2,(H,33,36)(H,34,37). The zero-order valence-corrected chi connectivity index (χ0v) is 22.1. The van der Waals surface area contributed by atoms with Gasteiger partial charge in [0.1, 0.15) is 18.4 Å². The molecule has 39 heavy (non-hydrogen) atoms. The molecule has 1 saturated carbocycles. The first-order valence-corrected chi connectivity index (χ1v) is 13.8. The molecule has 2 unspecified atom stereocenters. The van der Waals surface area contributed by atoms with E-state index in [-0.39, 0.29) is 18.5 Å². The minimum Gasteiger partial charge on any atom is -0.489 e. The van der Waals surface area contributed by atoms with Gasteiger partial charge in [0.05, 0.1) is 0 Å². The number of nitrogens with one attached hydrogen (secondary N) is 2. The van der Waals surface area contributed by atoms with Gasteiger partial charge in [0.15, 0.2) is 6.04 Å². The van der Waals surface area contributed by atoms with Gasteiger partial charge in [-0.15, -0.1) is 0 Å². The molecule has 1 aliphatic heterocycles. The molecular weight excluding hydrogens is 490 g/mol. The summed E-state index contributed by atoms with van der Waals surface area (Å²) in [5.41, 5.74) is 2.85. The Bertz CT molecular complexity index is 1260. The number of carbonyl (C=O) groups excluding carboxylic acids is 3. The summed E-state index contributed by atoms with van der Waals surface area (Å²) >= 11 is 0. The number of benzene rings is 3. The molecule has 0 aromatic heterocycles. The third kappa shape index (κ3) is 6.85. The van der Waals surface area contributed by atoms with Crippen molar-refractivity contribution in [3.63, 3.8) is 0 Å². The third-order valence-corrected chi connectivity index (χ3v) is 7.46. The van der Waals surface area contributed by atoms with Crippen LogP contribution in [0.3, 0.4) is 0 Å². The van der Waals surface area contributed by atoms with Crippen molar-refractivity contribution in [3.05, 3.63) is 102 Å². The lowest BCUT2D eigenvalue weighted by molar-refractivity contribution is -0.155. The van der Waals surface area contributed by atoms with Crippen molar-refractivity contribution < 1.29 is 19.1 Å². The first-order valence-electron chi connectivity index (χ1n) is 13.8. The third-order valence-electron chi connectivity index (χ3n) is 7.46. The number of amides is 3. The van der Waals surface area contributed by atoms with E-state index in [1.807, 2.05) is 84.9 Å². The molecule has 7 heteroatoms. The van der Waals surface area contributed by atoms with Gasteiger partial charge >= 0.3 is 0 Å². The van der Waals surface area contributed by atoms with E-state index in [1.165, 1.54) is 4.90 Å². The van der Waals surface area contributed by atoms with Crippen LogP contribution in [0.25, 0.3) is 0 Å². The Morgan fingerprint density at radius 1 is 0.821 bits per heavy atom. The Morgan fingerprint density at radius 2 is 1.46 bits per heavy atom. The normalized spacial score (nSPS) is 19.8. The molecule has 2 fully saturated rings. The first-order chi connectivity index (χ1) is 19.1. The molecule has 0 bridgehead atoms. The molecule has 3 aromatic carbocycles. The van der Waals surface area contributed by atoms with Crippen LogP contribution in [0.4, 0.5) is 0 Å². The van der Waals surface area contributed by atoms with Gasteiger partial charge in [-0.05, 0) is 41.7 Å². The van der Waals surface area contributed by atoms with Crippen molar-refractivity contribution in [2.75, 3.05) is 0 Å². The highest BCUT2D eigenvalue weighted by molar-refractivity contribution is 6.10. The van der Waals surface area contributed by atoms with E-state index in [2.05, 4.69) is 10.6 Å². The lowest BCUT2D eigenvalue weighted by Crippen LogP contribution is -2.67. The van der Waals surface area contributed by atoms with Crippen LogP contribution < -0.4 is 15.4 Å². The van der Waals surface area contributed by atoms with Crippen LogP contribution in [-0.2, 0) is 34.0 Å².